The number of nitrogens with zero attached hydrogens (tertiary/aromatic N) is 2. The van der Waals surface area contributed by atoms with E-state index in [4.69, 9.17) is 14.2 Å². The fraction of sp³-hybridized carbons (Fsp3) is 0.355. The van der Waals surface area contributed by atoms with Crippen LogP contribution in [0.2, 0.25) is 0 Å². The van der Waals surface area contributed by atoms with Crippen LogP contribution in [0.5, 0.6) is 11.5 Å². The molecule has 0 saturated heterocycles. The molecule has 0 heterocycles. The van der Waals surface area contributed by atoms with Gasteiger partial charge in [-0.15, -0.1) is 0 Å². The van der Waals surface area contributed by atoms with Gasteiger partial charge in [-0.05, 0) is 83.0 Å². The van der Waals surface area contributed by atoms with Crippen LogP contribution in [-0.4, -0.2) is 55.9 Å². The minimum atomic E-state index is -0.685. The Balaban J connectivity index is 2.31. The first-order valence-corrected chi connectivity index (χ1v) is 13.0. The lowest BCUT2D eigenvalue weighted by Crippen LogP contribution is -2.50. The molecule has 9 heteroatoms. The molecule has 9 nitrogen and oxygen atoms in total. The van der Waals surface area contributed by atoms with E-state index in [1.165, 1.54) is 30.8 Å². The molecule has 0 N–H and O–H groups in total. The summed E-state index contributed by atoms with van der Waals surface area (Å²) >= 11 is 0. The van der Waals surface area contributed by atoms with Crippen molar-refractivity contribution in [3.63, 3.8) is 0 Å². The number of esters is 1. The molecule has 0 unspecified atom stereocenters. The number of likely N-dealkylation sites (N-methyl/N-ethyl adjacent to an activating group) is 1. The van der Waals surface area contributed by atoms with Crippen LogP contribution < -0.4 is 14.5 Å². The van der Waals surface area contributed by atoms with Gasteiger partial charge in [-0.3, -0.25) is 14.4 Å². The largest absolute Gasteiger partial charge is 0.497 e. The molecular weight excluding hydrogens is 512 g/mol. The summed E-state index contributed by atoms with van der Waals surface area (Å²) in [5.41, 5.74) is 2.22. The minimum absolute atomic E-state index is 0.0781. The molecule has 2 amide bonds. The van der Waals surface area contributed by atoms with Gasteiger partial charge in [0.25, 0.3) is 11.8 Å². The topological polar surface area (TPSA) is 102 Å². The number of para-hydroxylation sites is 1. The van der Waals surface area contributed by atoms with Crippen molar-refractivity contribution >= 4 is 29.3 Å². The smallest absolute Gasteiger partial charge is 0.340 e. The third-order valence-electron chi connectivity index (χ3n) is 5.77. The SMILES string of the molecule is CCOC(=O)c1ccccc1N(C(=O)CC(=O)/C=C(\C)CCC=C(C)C)N(C)C(=O)COc1ccc(OC)cc1. The molecule has 2 aromatic rings. The van der Waals surface area contributed by atoms with E-state index in [-0.39, 0.29) is 17.9 Å². The van der Waals surface area contributed by atoms with E-state index in [0.29, 0.717) is 17.9 Å². The highest BCUT2D eigenvalue weighted by molar-refractivity contribution is 6.12. The monoisotopic (exact) mass is 550 g/mol. The quantitative estimate of drug-likeness (QED) is 0.109. The highest BCUT2D eigenvalue weighted by atomic mass is 16.5. The fourth-order valence-electron chi connectivity index (χ4n) is 3.74. The van der Waals surface area contributed by atoms with Gasteiger partial charge >= 0.3 is 5.97 Å². The second-order valence-corrected chi connectivity index (χ2v) is 9.28. The highest BCUT2D eigenvalue weighted by Gasteiger charge is 2.30. The number of rotatable bonds is 13. The Bertz CT molecular complexity index is 1240. The number of carbonyl (C=O) groups excluding carboxylic acids is 4. The van der Waals surface area contributed by atoms with Crippen LogP contribution in [0.1, 0.15) is 57.3 Å². The van der Waals surface area contributed by atoms with Crippen molar-refractivity contribution in [3.8, 4) is 11.5 Å². The fourth-order valence-corrected chi connectivity index (χ4v) is 3.74. The molecule has 0 aliphatic rings. The van der Waals surface area contributed by atoms with E-state index in [9.17, 15) is 19.2 Å². The first-order chi connectivity index (χ1) is 19.1. The van der Waals surface area contributed by atoms with Crippen molar-refractivity contribution in [2.45, 2.75) is 47.0 Å². The van der Waals surface area contributed by atoms with Gasteiger partial charge in [0.2, 0.25) is 0 Å². The maximum absolute atomic E-state index is 13.5. The van der Waals surface area contributed by atoms with Gasteiger partial charge in [-0.25, -0.2) is 14.8 Å². The molecule has 0 atom stereocenters. The number of hydrogen-bond donors (Lipinski definition) is 0. The molecule has 2 rings (SSSR count). The third-order valence-corrected chi connectivity index (χ3v) is 5.77. The molecular formula is C31H38N2O7. The number of carbonyl (C=O) groups is 4. The third kappa shape index (κ3) is 9.72. The van der Waals surface area contributed by atoms with Crippen LogP contribution in [0, 0.1) is 0 Å². The Morgan fingerprint density at radius 2 is 1.55 bits per heavy atom. The molecule has 0 fully saturated rings. The first kappa shape index (κ1) is 31.8. The summed E-state index contributed by atoms with van der Waals surface area (Å²) in [5, 5.41) is 2.07. The van der Waals surface area contributed by atoms with E-state index in [2.05, 4.69) is 6.08 Å². The Hall–Kier alpha value is -4.40. The lowest BCUT2D eigenvalue weighted by atomic mass is 10.1. The van der Waals surface area contributed by atoms with Crippen molar-refractivity contribution < 1.29 is 33.4 Å². The first-order valence-electron chi connectivity index (χ1n) is 13.0. The summed E-state index contributed by atoms with van der Waals surface area (Å²) in [6.07, 6.45) is 4.49. The number of methoxy groups -OCH3 is 1. The molecule has 0 bridgehead atoms. The van der Waals surface area contributed by atoms with Crippen LogP contribution in [0.4, 0.5) is 5.69 Å². The Labute approximate surface area is 236 Å². The summed E-state index contributed by atoms with van der Waals surface area (Å²) in [6, 6.07) is 12.9. The molecule has 0 aromatic heterocycles. The molecule has 0 aliphatic carbocycles. The normalized spacial score (nSPS) is 10.8. The molecule has 0 radical (unpaired) electrons. The average molecular weight is 551 g/mol. The van der Waals surface area contributed by atoms with Gasteiger partial charge in [-0.2, -0.15) is 0 Å². The summed E-state index contributed by atoms with van der Waals surface area (Å²) in [6.45, 7) is 7.24. The van der Waals surface area contributed by atoms with E-state index in [1.807, 2.05) is 20.8 Å². The number of hydrazine groups is 1. The number of amides is 2. The van der Waals surface area contributed by atoms with Crippen molar-refractivity contribution in [2.24, 2.45) is 0 Å². The molecule has 2 aromatic carbocycles. The van der Waals surface area contributed by atoms with Crippen LogP contribution in [0.15, 0.2) is 71.8 Å². The molecule has 40 heavy (non-hydrogen) atoms. The molecule has 0 saturated carbocycles. The Morgan fingerprint density at radius 1 is 0.900 bits per heavy atom. The standard InChI is InChI=1S/C31H38N2O7/c1-7-39-31(37)27-13-8-9-14-28(27)33(29(35)20-24(34)19-23(4)12-10-11-22(2)3)32(5)30(36)21-40-26-17-15-25(38-6)16-18-26/h8-9,11,13-19H,7,10,12,20-21H2,1-6H3/b23-19+. The summed E-state index contributed by atoms with van der Waals surface area (Å²) in [5.74, 6) is -1.27. The number of allylic oxidation sites excluding steroid dienone is 4. The number of anilines is 1. The van der Waals surface area contributed by atoms with Crippen molar-refractivity contribution in [1.29, 1.82) is 0 Å². The molecule has 0 aliphatic heterocycles. The predicted octanol–water partition coefficient (Wildman–Crippen LogP) is 5.31. The maximum Gasteiger partial charge on any atom is 0.340 e. The summed E-state index contributed by atoms with van der Waals surface area (Å²) in [7, 11) is 2.92. The van der Waals surface area contributed by atoms with E-state index in [1.54, 1.807) is 50.4 Å². The molecule has 0 spiro atoms. The van der Waals surface area contributed by atoms with Gasteiger partial charge in [0.15, 0.2) is 12.4 Å². The number of benzene rings is 2. The number of ketones is 1. The Kier molecular flexibility index (Phi) is 12.6. The lowest BCUT2D eigenvalue weighted by molar-refractivity contribution is -0.138. The molecule has 214 valence electrons. The van der Waals surface area contributed by atoms with Crippen LogP contribution in [-0.2, 0) is 19.1 Å². The van der Waals surface area contributed by atoms with Crippen LogP contribution >= 0.6 is 0 Å². The number of ether oxygens (including phenoxy) is 3. The van der Waals surface area contributed by atoms with Gasteiger partial charge in [0.1, 0.15) is 11.5 Å². The van der Waals surface area contributed by atoms with Crippen molar-refractivity contribution in [2.75, 3.05) is 32.4 Å². The Morgan fingerprint density at radius 3 is 2.17 bits per heavy atom. The van der Waals surface area contributed by atoms with Gasteiger partial charge in [0, 0.05) is 7.05 Å². The zero-order chi connectivity index (χ0) is 29.7. The summed E-state index contributed by atoms with van der Waals surface area (Å²) < 4.78 is 15.9. The van der Waals surface area contributed by atoms with E-state index in [0.717, 1.165) is 22.0 Å². The zero-order valence-corrected chi connectivity index (χ0v) is 24.1. The van der Waals surface area contributed by atoms with E-state index >= 15 is 0 Å². The van der Waals surface area contributed by atoms with Crippen LogP contribution in [0.25, 0.3) is 0 Å². The van der Waals surface area contributed by atoms with E-state index < -0.39 is 36.6 Å². The number of hydrogen-bond acceptors (Lipinski definition) is 7. The summed E-state index contributed by atoms with van der Waals surface area (Å²) in [4.78, 5) is 52.2. The minimum Gasteiger partial charge on any atom is -0.497 e. The van der Waals surface area contributed by atoms with Gasteiger partial charge in [0.05, 0.1) is 31.4 Å². The van der Waals surface area contributed by atoms with Crippen molar-refractivity contribution in [1.82, 2.24) is 5.01 Å². The average Bonchev–Trinajstić information content (AvgIpc) is 2.92. The maximum atomic E-state index is 13.5. The predicted molar refractivity (Wildman–Crippen MR) is 153 cm³/mol. The van der Waals surface area contributed by atoms with Gasteiger partial charge in [-0.1, -0.05) is 29.4 Å². The van der Waals surface area contributed by atoms with Crippen LogP contribution in [0.3, 0.4) is 0 Å². The second kappa shape index (κ2) is 15.9. The second-order valence-electron chi connectivity index (χ2n) is 9.28. The zero-order valence-electron chi connectivity index (χ0n) is 24.1. The lowest BCUT2D eigenvalue weighted by Gasteiger charge is -2.32. The highest BCUT2D eigenvalue weighted by Crippen LogP contribution is 2.25. The van der Waals surface area contributed by atoms with Crippen molar-refractivity contribution in [3.05, 3.63) is 77.4 Å². The van der Waals surface area contributed by atoms with Gasteiger partial charge < -0.3 is 14.2 Å².